The van der Waals surface area contributed by atoms with Crippen LogP contribution in [-0.4, -0.2) is 35.1 Å². The van der Waals surface area contributed by atoms with Gasteiger partial charge in [0.2, 0.25) is 0 Å². The Balaban J connectivity index is 1.29. The Hall–Kier alpha value is -1.39. The number of para-hydroxylation sites is 1. The third-order valence-electron chi connectivity index (χ3n) is 6.85. The molecule has 4 heteroatoms. The molecule has 3 aliphatic rings. The molecule has 5 rings (SSSR count). The molecular formula is C20H27N3O. The summed E-state index contributed by atoms with van der Waals surface area (Å²) in [6.45, 7) is 2.00. The minimum absolute atomic E-state index is 0.452. The van der Waals surface area contributed by atoms with Gasteiger partial charge in [0, 0.05) is 49.4 Å². The maximum absolute atomic E-state index is 6.09. The highest BCUT2D eigenvalue weighted by atomic mass is 16.5. The first-order valence-corrected chi connectivity index (χ1v) is 9.55. The molecule has 2 heterocycles. The van der Waals surface area contributed by atoms with Crippen LogP contribution in [0.4, 0.5) is 0 Å². The molecule has 3 fully saturated rings. The van der Waals surface area contributed by atoms with E-state index in [1.165, 1.54) is 48.7 Å². The van der Waals surface area contributed by atoms with Crippen molar-refractivity contribution in [3.05, 3.63) is 30.0 Å². The minimum atomic E-state index is 0.452. The van der Waals surface area contributed by atoms with Crippen molar-refractivity contribution in [1.82, 2.24) is 15.1 Å². The van der Waals surface area contributed by atoms with Crippen LogP contribution in [0.3, 0.4) is 0 Å². The van der Waals surface area contributed by atoms with E-state index in [9.17, 15) is 0 Å². The summed E-state index contributed by atoms with van der Waals surface area (Å²) in [7, 11) is 2.04. The van der Waals surface area contributed by atoms with Gasteiger partial charge in [-0.1, -0.05) is 31.0 Å². The van der Waals surface area contributed by atoms with Crippen molar-refractivity contribution in [2.45, 2.75) is 50.7 Å². The Labute approximate surface area is 143 Å². The molecule has 128 valence electrons. The fraction of sp³-hybridized carbons (Fsp3) is 0.650. The lowest BCUT2D eigenvalue weighted by Gasteiger charge is -2.57. The Bertz CT molecular complexity index is 746. The van der Waals surface area contributed by atoms with Crippen molar-refractivity contribution in [3.63, 3.8) is 0 Å². The molecule has 0 unspecified atom stereocenters. The van der Waals surface area contributed by atoms with Gasteiger partial charge in [0.1, 0.15) is 0 Å². The van der Waals surface area contributed by atoms with Crippen LogP contribution < -0.4 is 5.32 Å². The van der Waals surface area contributed by atoms with Crippen LogP contribution in [-0.2, 0) is 18.2 Å². The van der Waals surface area contributed by atoms with Crippen molar-refractivity contribution < 1.29 is 4.74 Å². The maximum atomic E-state index is 6.09. The molecule has 1 aromatic heterocycles. The summed E-state index contributed by atoms with van der Waals surface area (Å²) >= 11 is 0. The number of nitrogens with zero attached hydrogens (tertiary/aromatic N) is 2. The topological polar surface area (TPSA) is 39.1 Å². The molecule has 4 nitrogen and oxygen atoms in total. The highest BCUT2D eigenvalue weighted by molar-refractivity contribution is 5.81. The van der Waals surface area contributed by atoms with E-state index in [0.29, 0.717) is 17.6 Å². The van der Waals surface area contributed by atoms with E-state index >= 15 is 0 Å². The predicted molar refractivity (Wildman–Crippen MR) is 95.0 cm³/mol. The highest BCUT2D eigenvalue weighted by Gasteiger charge is 2.64. The van der Waals surface area contributed by atoms with Crippen LogP contribution in [0.2, 0.25) is 0 Å². The molecule has 0 amide bonds. The monoisotopic (exact) mass is 325 g/mol. The average Bonchev–Trinajstić information content (AvgIpc) is 3.31. The van der Waals surface area contributed by atoms with Crippen molar-refractivity contribution >= 4 is 10.9 Å². The predicted octanol–water partition coefficient (Wildman–Crippen LogP) is 3.05. The number of fused-ring (bicyclic) bond motifs is 3. The second kappa shape index (κ2) is 5.57. The Morgan fingerprint density at radius 3 is 3.00 bits per heavy atom. The van der Waals surface area contributed by atoms with E-state index in [-0.39, 0.29) is 0 Å². The molecule has 1 N–H and O–H groups in total. The third-order valence-corrected chi connectivity index (χ3v) is 6.85. The fourth-order valence-electron chi connectivity index (χ4n) is 5.83. The summed E-state index contributed by atoms with van der Waals surface area (Å²) in [5, 5.41) is 9.95. The highest BCUT2D eigenvalue weighted by Crippen LogP contribution is 2.60. The van der Waals surface area contributed by atoms with Crippen LogP contribution in [0.1, 0.15) is 37.8 Å². The van der Waals surface area contributed by atoms with Crippen molar-refractivity contribution in [2.24, 2.45) is 18.4 Å². The summed E-state index contributed by atoms with van der Waals surface area (Å²) in [6.07, 6.45) is 8.29. The standard InChI is InChI=1S/C20H27N3O/c1-23-17-7-3-2-6-14(17)16(22-23)8-12-21-18-15-9-13-24-19(15)20(18)10-4-5-11-20/h2-3,6-7,15,18-19,21H,4-5,8-13H2,1H3/t15-,18-,19-/m1/s1. The number of hydrogen-bond donors (Lipinski definition) is 1. The zero-order chi connectivity index (χ0) is 16.1. The molecule has 1 spiro atoms. The second-order valence-corrected chi connectivity index (χ2v) is 7.95. The Morgan fingerprint density at radius 1 is 1.29 bits per heavy atom. The largest absolute Gasteiger partial charge is 0.377 e. The van der Waals surface area contributed by atoms with E-state index in [4.69, 9.17) is 9.84 Å². The molecular weight excluding hydrogens is 298 g/mol. The number of aryl methyl sites for hydroxylation is 1. The van der Waals surface area contributed by atoms with Gasteiger partial charge >= 0.3 is 0 Å². The van der Waals surface area contributed by atoms with Gasteiger partial charge in [0.25, 0.3) is 0 Å². The van der Waals surface area contributed by atoms with E-state index in [1.807, 2.05) is 11.7 Å². The molecule has 2 aliphatic carbocycles. The first-order valence-electron chi connectivity index (χ1n) is 9.55. The van der Waals surface area contributed by atoms with Crippen LogP contribution in [0, 0.1) is 11.3 Å². The summed E-state index contributed by atoms with van der Waals surface area (Å²) in [5.74, 6) is 0.753. The lowest BCUT2D eigenvalue weighted by molar-refractivity contribution is -0.130. The van der Waals surface area contributed by atoms with Gasteiger partial charge in [-0.3, -0.25) is 4.68 Å². The van der Waals surface area contributed by atoms with E-state index in [2.05, 4.69) is 29.6 Å². The van der Waals surface area contributed by atoms with E-state index in [1.54, 1.807) is 0 Å². The smallest absolute Gasteiger partial charge is 0.0715 e. The molecule has 3 atom stereocenters. The zero-order valence-corrected chi connectivity index (χ0v) is 14.5. The van der Waals surface area contributed by atoms with Gasteiger partial charge in [-0.15, -0.1) is 0 Å². The molecule has 2 aromatic rings. The molecule has 1 aliphatic heterocycles. The van der Waals surface area contributed by atoms with Crippen LogP contribution >= 0.6 is 0 Å². The van der Waals surface area contributed by atoms with Crippen molar-refractivity contribution in [1.29, 1.82) is 0 Å². The third kappa shape index (κ3) is 2.02. The fourth-order valence-corrected chi connectivity index (χ4v) is 5.83. The van der Waals surface area contributed by atoms with Crippen LogP contribution in [0.15, 0.2) is 24.3 Å². The van der Waals surface area contributed by atoms with Gasteiger partial charge in [-0.05, 0) is 25.3 Å². The average molecular weight is 325 g/mol. The minimum Gasteiger partial charge on any atom is -0.377 e. The molecule has 0 radical (unpaired) electrons. The maximum Gasteiger partial charge on any atom is 0.0715 e. The number of hydrogen-bond acceptors (Lipinski definition) is 3. The van der Waals surface area contributed by atoms with Gasteiger partial charge in [0.15, 0.2) is 0 Å². The lowest BCUT2D eigenvalue weighted by atomic mass is 9.54. The van der Waals surface area contributed by atoms with E-state index in [0.717, 1.165) is 25.5 Å². The van der Waals surface area contributed by atoms with Gasteiger partial charge < -0.3 is 10.1 Å². The molecule has 1 aromatic carbocycles. The van der Waals surface area contributed by atoms with Crippen molar-refractivity contribution in [3.8, 4) is 0 Å². The van der Waals surface area contributed by atoms with Gasteiger partial charge in [-0.25, -0.2) is 0 Å². The number of rotatable bonds is 4. The number of ether oxygens (including phenoxy) is 1. The number of aromatic nitrogens is 2. The summed E-state index contributed by atoms with van der Waals surface area (Å²) in [4.78, 5) is 0. The van der Waals surface area contributed by atoms with Gasteiger partial charge in [-0.2, -0.15) is 5.10 Å². The van der Waals surface area contributed by atoms with Crippen LogP contribution in [0.25, 0.3) is 10.9 Å². The van der Waals surface area contributed by atoms with E-state index < -0.39 is 0 Å². The lowest BCUT2D eigenvalue weighted by Crippen LogP contribution is -2.67. The normalized spacial score (nSPS) is 30.8. The SMILES string of the molecule is Cn1nc(CCN[C@@H]2[C@H]3CCO[C@H]3C23CCCC3)c2ccccc21. The Kier molecular flexibility index (Phi) is 3.46. The van der Waals surface area contributed by atoms with Crippen molar-refractivity contribution in [2.75, 3.05) is 13.2 Å². The number of benzene rings is 1. The molecule has 2 saturated carbocycles. The molecule has 1 saturated heterocycles. The van der Waals surface area contributed by atoms with Gasteiger partial charge in [0.05, 0.1) is 17.3 Å². The number of nitrogens with one attached hydrogen (secondary N) is 1. The molecule has 0 bridgehead atoms. The van der Waals surface area contributed by atoms with Crippen LogP contribution in [0.5, 0.6) is 0 Å². The first-order chi connectivity index (χ1) is 11.8. The summed E-state index contributed by atoms with van der Waals surface area (Å²) in [6, 6.07) is 9.22. The summed E-state index contributed by atoms with van der Waals surface area (Å²) in [5.41, 5.74) is 2.90. The first kappa shape index (κ1) is 14.9. The second-order valence-electron chi connectivity index (χ2n) is 7.95. The zero-order valence-electron chi connectivity index (χ0n) is 14.5. The quantitative estimate of drug-likeness (QED) is 0.939. The Morgan fingerprint density at radius 2 is 2.12 bits per heavy atom. The summed E-state index contributed by atoms with van der Waals surface area (Å²) < 4.78 is 8.10. The molecule has 24 heavy (non-hydrogen) atoms.